The molecule has 0 saturated heterocycles. The first-order valence-corrected chi connectivity index (χ1v) is 36.5. The van der Waals surface area contributed by atoms with Gasteiger partial charge in [0.15, 0.2) is 0 Å². The van der Waals surface area contributed by atoms with Gasteiger partial charge in [-0.2, -0.15) is 0 Å². The summed E-state index contributed by atoms with van der Waals surface area (Å²) in [4.78, 5) is 4.85. The number of benzene rings is 14. The Kier molecular flexibility index (Phi) is 18.2. The summed E-state index contributed by atoms with van der Waals surface area (Å²) in [6, 6.07) is 75.2. The van der Waals surface area contributed by atoms with Crippen molar-refractivity contribution in [2.24, 2.45) is 0 Å². The molecule has 2 aliphatic carbocycles. The molecule has 14 aromatic rings. The summed E-state index contributed by atoms with van der Waals surface area (Å²) in [6.07, 6.45) is 5.41. The van der Waals surface area contributed by atoms with Crippen LogP contribution in [0, 0.1) is 13.8 Å². The predicted octanol–water partition coefficient (Wildman–Crippen LogP) is 26.3. The number of anilines is 6. The zero-order valence-electron chi connectivity index (χ0n) is 59.6. The van der Waals surface area contributed by atoms with Crippen LogP contribution in [0.5, 0.6) is 23.0 Å². The fourth-order valence-corrected chi connectivity index (χ4v) is 16.8. The van der Waals surface area contributed by atoms with Gasteiger partial charge in [0.05, 0.1) is 39.8 Å². The van der Waals surface area contributed by atoms with E-state index in [1.165, 1.54) is 141 Å². The van der Waals surface area contributed by atoms with Crippen molar-refractivity contribution in [3.63, 3.8) is 0 Å². The lowest BCUT2D eigenvalue weighted by Gasteiger charge is -2.37. The molecule has 500 valence electrons. The molecule has 16 rings (SSSR count). The minimum atomic E-state index is -0.0181. The lowest BCUT2D eigenvalue weighted by Crippen LogP contribution is -2.24. The summed E-state index contributed by atoms with van der Waals surface area (Å²) in [5.74, 6) is 4.20. The minimum absolute atomic E-state index is 0.0181. The number of nitrogens with zero attached hydrogens (tertiary/aromatic N) is 2. The Morgan fingerprint density at radius 1 is 0.354 bits per heavy atom. The van der Waals surface area contributed by atoms with Gasteiger partial charge in [0.1, 0.15) is 23.0 Å². The van der Waals surface area contributed by atoms with Crippen LogP contribution in [0.25, 0.3) is 64.6 Å². The molecule has 0 aliphatic heterocycles. The molecule has 0 aromatic heterocycles. The zero-order chi connectivity index (χ0) is 69.3. The van der Waals surface area contributed by atoms with Gasteiger partial charge in [0.25, 0.3) is 0 Å². The smallest absolute Gasteiger partial charge is 0.119 e. The molecule has 0 atom stereocenters. The van der Waals surface area contributed by atoms with E-state index in [1.54, 1.807) is 28.4 Å². The van der Waals surface area contributed by atoms with Crippen LogP contribution in [0.3, 0.4) is 0 Å². The van der Waals surface area contributed by atoms with E-state index >= 15 is 0 Å². The Morgan fingerprint density at radius 2 is 0.697 bits per heavy atom. The highest BCUT2D eigenvalue weighted by Gasteiger charge is 2.35. The fourth-order valence-electron chi connectivity index (χ4n) is 15.7. The van der Waals surface area contributed by atoms with E-state index in [0.29, 0.717) is 11.8 Å². The van der Waals surface area contributed by atoms with Crippen LogP contribution in [0.4, 0.5) is 34.1 Å². The number of ether oxygens (including phenoxy) is 4. The first-order valence-electron chi connectivity index (χ1n) is 34.9. The predicted molar refractivity (Wildman–Crippen MR) is 427 cm³/mol. The molecule has 8 heteroatoms. The number of hydrogen-bond donors (Lipinski definition) is 0. The number of halogens is 2. The summed E-state index contributed by atoms with van der Waals surface area (Å²) < 4.78 is 24.4. The minimum Gasteiger partial charge on any atom is -0.497 e. The molecule has 0 amide bonds. The molecule has 6 nitrogen and oxygen atoms in total. The molecule has 0 fully saturated rings. The van der Waals surface area contributed by atoms with Gasteiger partial charge >= 0.3 is 0 Å². The van der Waals surface area contributed by atoms with Gasteiger partial charge in [-0.15, -0.1) is 0 Å². The van der Waals surface area contributed by atoms with E-state index < -0.39 is 0 Å². The maximum absolute atomic E-state index is 5.63. The van der Waals surface area contributed by atoms with Crippen molar-refractivity contribution in [3.05, 3.63) is 271 Å². The Labute approximate surface area is 601 Å². The molecule has 2 aliphatic rings. The lowest BCUT2D eigenvalue weighted by molar-refractivity contribution is 0.414. The van der Waals surface area contributed by atoms with Crippen molar-refractivity contribution in [2.75, 3.05) is 38.2 Å². The topological polar surface area (TPSA) is 43.4 Å². The third-order valence-electron chi connectivity index (χ3n) is 21.3. The lowest BCUT2D eigenvalue weighted by atomic mass is 9.70. The second-order valence-electron chi connectivity index (χ2n) is 29.2. The largest absolute Gasteiger partial charge is 0.497 e. The Bertz CT molecular complexity index is 5240. The van der Waals surface area contributed by atoms with E-state index in [4.69, 9.17) is 18.9 Å². The molecule has 0 bridgehead atoms. The molecule has 0 heterocycles. The first-order chi connectivity index (χ1) is 47.7. The Balaban J connectivity index is 0.000000162. The standard InChI is InChI=1S/C52H50N2O3.C24H22Br2.C15H16O/c1-32(2)44-31-48(54(35-11-9-33(3)10-12-35)38-17-23-41(57-8)24-18-38)45-30-46-49-34(27-28-52(46,4)5)29-47(43-26-25-42(44)50(45)51(43)49)53(36-13-19-39(55-6)20-14-36)37-15-21-40(56-7)22-16-37;1-12(2)16-11-20(26)17-10-18-21-13(7-8-24(18,3)4)9-19(25)15-6-5-14(16)22(17)23(15)21;1-12-3-5-13(6-4-12)11-14-7-9-15(16-2)10-8-14/h9-26,29-32H,27-28H2,1-8H3;5-6,9-12H,7-8H2,1-4H3;3-10H,11H2,1-2H3. The number of hydrogen-bond acceptors (Lipinski definition) is 6. The van der Waals surface area contributed by atoms with Crippen LogP contribution < -0.4 is 28.7 Å². The van der Waals surface area contributed by atoms with E-state index in [-0.39, 0.29) is 10.8 Å². The van der Waals surface area contributed by atoms with Gasteiger partial charge in [-0.1, -0.05) is 171 Å². The maximum Gasteiger partial charge on any atom is 0.119 e. The molecule has 0 radical (unpaired) electrons. The third kappa shape index (κ3) is 12.4. The van der Waals surface area contributed by atoms with Crippen LogP contribution in [-0.4, -0.2) is 28.4 Å². The molecule has 14 aromatic carbocycles. The van der Waals surface area contributed by atoms with Crippen LogP contribution in [-0.2, 0) is 30.1 Å². The molecule has 0 spiro atoms. The van der Waals surface area contributed by atoms with Crippen molar-refractivity contribution < 1.29 is 18.9 Å². The molecule has 0 N–H and O–H groups in total. The monoisotopic (exact) mass is 1430 g/mol. The average molecular weight is 1430 g/mol. The average Bonchev–Trinajstić information content (AvgIpc) is 0.701. The first kappa shape index (κ1) is 67.1. The third-order valence-corrected chi connectivity index (χ3v) is 22.6. The highest BCUT2D eigenvalue weighted by molar-refractivity contribution is 9.11. The number of rotatable bonds is 14. The van der Waals surface area contributed by atoms with Crippen LogP contribution >= 0.6 is 31.9 Å². The molecular formula is C91H88Br2N2O4. The van der Waals surface area contributed by atoms with E-state index in [0.717, 1.165) is 77.1 Å². The second-order valence-corrected chi connectivity index (χ2v) is 30.9. The number of methoxy groups -OCH3 is 4. The summed E-state index contributed by atoms with van der Waals surface area (Å²) in [5, 5.41) is 16.4. The normalized spacial score (nSPS) is 13.7. The summed E-state index contributed by atoms with van der Waals surface area (Å²) in [7, 11) is 6.85. The van der Waals surface area contributed by atoms with E-state index in [9.17, 15) is 0 Å². The SMILES string of the molecule is CC(C)c1cc(Br)c2cc3c4c(cc(Br)c5ccc1c2c54)CCC3(C)C.COc1ccc(Cc2ccc(C)cc2)cc1.COc1ccc(N(c2ccc(C)cc2)c2cc(C(C)C)c3ccc4c(N(c5ccc(OC)cc5)c5ccc(OC)cc5)cc5c6c(cc2c3c46)C(C)(C)CC5)cc1. The van der Waals surface area contributed by atoms with Gasteiger partial charge in [-0.05, 0) is 295 Å². The number of aryl methyl sites for hydroxylation is 4. The van der Waals surface area contributed by atoms with Crippen molar-refractivity contribution in [2.45, 2.75) is 124 Å². The van der Waals surface area contributed by atoms with Crippen LogP contribution in [0.2, 0.25) is 0 Å². The zero-order valence-corrected chi connectivity index (χ0v) is 62.8. The van der Waals surface area contributed by atoms with Gasteiger partial charge in [0.2, 0.25) is 0 Å². The van der Waals surface area contributed by atoms with Gasteiger partial charge < -0.3 is 28.7 Å². The molecular weight excluding hydrogens is 1340 g/mol. The Morgan fingerprint density at radius 3 is 1.15 bits per heavy atom. The van der Waals surface area contributed by atoms with Gasteiger partial charge in [-0.3, -0.25) is 0 Å². The van der Waals surface area contributed by atoms with E-state index in [1.807, 2.05) is 36.4 Å². The van der Waals surface area contributed by atoms with Crippen molar-refractivity contribution >= 4 is 131 Å². The van der Waals surface area contributed by atoms with Gasteiger partial charge in [-0.25, -0.2) is 0 Å². The summed E-state index contributed by atoms with van der Waals surface area (Å²) in [6.45, 7) is 23.1. The summed E-state index contributed by atoms with van der Waals surface area (Å²) >= 11 is 7.77. The second kappa shape index (κ2) is 26.9. The highest BCUT2D eigenvalue weighted by Crippen LogP contribution is 2.56. The Hall–Kier alpha value is -9.08. The maximum atomic E-state index is 5.63. The fraction of sp³-hybridized carbons (Fsp3) is 0.253. The van der Waals surface area contributed by atoms with Crippen LogP contribution in [0.1, 0.15) is 136 Å². The summed E-state index contributed by atoms with van der Waals surface area (Å²) in [5.41, 5.74) is 20.6. The molecule has 99 heavy (non-hydrogen) atoms. The highest BCUT2D eigenvalue weighted by atomic mass is 79.9. The van der Waals surface area contributed by atoms with Crippen LogP contribution in [0.15, 0.2) is 215 Å². The van der Waals surface area contributed by atoms with Gasteiger partial charge in [0, 0.05) is 47.9 Å². The molecule has 0 saturated carbocycles. The van der Waals surface area contributed by atoms with Crippen molar-refractivity contribution in [1.29, 1.82) is 0 Å². The van der Waals surface area contributed by atoms with Crippen molar-refractivity contribution in [1.82, 2.24) is 0 Å². The quantitative estimate of drug-likeness (QED) is 0.101. The van der Waals surface area contributed by atoms with E-state index in [2.05, 4.69) is 281 Å². The molecule has 0 unspecified atom stereocenters. The van der Waals surface area contributed by atoms with Crippen molar-refractivity contribution in [3.8, 4) is 23.0 Å².